The van der Waals surface area contributed by atoms with Crippen LogP contribution >= 0.6 is 23.2 Å². The van der Waals surface area contributed by atoms with Crippen molar-refractivity contribution in [2.24, 2.45) is 5.92 Å². The number of aromatic nitrogens is 1. The lowest BCUT2D eigenvalue weighted by Gasteiger charge is -2.34. The molecule has 136 valence electrons. The standard InChI is InChI=1S/C20H21Cl2N3O/c21-18-11-16(12-19(22)23-18)20(26)24-8-5-14(6-9-24)13-25-10-7-15-3-1-2-4-17(15)25/h1-4,11-12,14H,5-10,13H2. The van der Waals surface area contributed by atoms with Crippen molar-refractivity contribution < 1.29 is 4.79 Å². The second-order valence-electron chi connectivity index (χ2n) is 7.06. The van der Waals surface area contributed by atoms with Gasteiger partial charge in [0.2, 0.25) is 0 Å². The van der Waals surface area contributed by atoms with E-state index in [4.69, 9.17) is 23.2 Å². The number of para-hydroxylation sites is 1. The van der Waals surface area contributed by atoms with Crippen LogP contribution in [0.25, 0.3) is 0 Å². The van der Waals surface area contributed by atoms with Crippen LogP contribution in [0.2, 0.25) is 10.3 Å². The van der Waals surface area contributed by atoms with Crippen LogP contribution in [0, 0.1) is 5.92 Å². The van der Waals surface area contributed by atoms with Gasteiger partial charge in [0, 0.05) is 37.4 Å². The third-order valence-corrected chi connectivity index (χ3v) is 5.76. The van der Waals surface area contributed by atoms with Crippen LogP contribution in [-0.4, -0.2) is 42.0 Å². The highest BCUT2D eigenvalue weighted by Gasteiger charge is 2.27. The molecule has 0 unspecified atom stereocenters. The van der Waals surface area contributed by atoms with Crippen LogP contribution in [0.3, 0.4) is 0 Å². The molecule has 4 rings (SSSR count). The Bertz CT molecular complexity index is 798. The van der Waals surface area contributed by atoms with Gasteiger partial charge in [0.15, 0.2) is 0 Å². The van der Waals surface area contributed by atoms with Crippen LogP contribution in [0.5, 0.6) is 0 Å². The summed E-state index contributed by atoms with van der Waals surface area (Å²) < 4.78 is 0. The van der Waals surface area contributed by atoms with Gasteiger partial charge in [-0.3, -0.25) is 4.79 Å². The molecule has 26 heavy (non-hydrogen) atoms. The van der Waals surface area contributed by atoms with Crippen molar-refractivity contribution in [2.75, 3.05) is 31.1 Å². The molecular formula is C20H21Cl2N3O. The number of amides is 1. The predicted octanol–water partition coefficient (Wildman–Crippen LogP) is 4.30. The first-order valence-corrected chi connectivity index (χ1v) is 9.81. The second-order valence-corrected chi connectivity index (χ2v) is 7.84. The molecule has 1 amide bonds. The fourth-order valence-electron chi connectivity index (χ4n) is 4.00. The summed E-state index contributed by atoms with van der Waals surface area (Å²) in [5.74, 6) is 0.607. The quantitative estimate of drug-likeness (QED) is 0.734. The van der Waals surface area contributed by atoms with Gasteiger partial charge in [0.1, 0.15) is 10.3 Å². The zero-order valence-electron chi connectivity index (χ0n) is 14.5. The zero-order chi connectivity index (χ0) is 18.1. The predicted molar refractivity (Wildman–Crippen MR) is 105 cm³/mol. The Balaban J connectivity index is 1.35. The molecule has 3 heterocycles. The first kappa shape index (κ1) is 17.6. The summed E-state index contributed by atoms with van der Waals surface area (Å²) in [6, 6.07) is 11.8. The average Bonchev–Trinajstić information content (AvgIpc) is 3.04. The van der Waals surface area contributed by atoms with Crippen molar-refractivity contribution in [3.05, 3.63) is 57.8 Å². The maximum Gasteiger partial charge on any atom is 0.254 e. The number of nitrogens with zero attached hydrogens (tertiary/aromatic N) is 3. The first-order valence-electron chi connectivity index (χ1n) is 9.05. The topological polar surface area (TPSA) is 36.4 Å². The summed E-state index contributed by atoms with van der Waals surface area (Å²) in [4.78, 5) is 21.0. The lowest BCUT2D eigenvalue weighted by atomic mass is 9.95. The van der Waals surface area contributed by atoms with Gasteiger partial charge in [-0.25, -0.2) is 4.98 Å². The minimum absolute atomic E-state index is 0.0128. The Morgan fingerprint density at radius 2 is 1.77 bits per heavy atom. The molecule has 0 saturated carbocycles. The second kappa shape index (κ2) is 7.45. The van der Waals surface area contributed by atoms with Crippen molar-refractivity contribution in [1.82, 2.24) is 9.88 Å². The van der Waals surface area contributed by atoms with E-state index in [0.29, 0.717) is 11.5 Å². The van der Waals surface area contributed by atoms with Gasteiger partial charge >= 0.3 is 0 Å². The van der Waals surface area contributed by atoms with Crippen LogP contribution in [-0.2, 0) is 6.42 Å². The van der Waals surface area contributed by atoms with Crippen LogP contribution < -0.4 is 4.90 Å². The highest BCUT2D eigenvalue weighted by atomic mass is 35.5. The van der Waals surface area contributed by atoms with Gasteiger partial charge in [-0.05, 0) is 48.9 Å². The SMILES string of the molecule is O=C(c1cc(Cl)nc(Cl)c1)N1CCC(CN2CCc3ccccc32)CC1. The summed E-state index contributed by atoms with van der Waals surface area (Å²) in [6.45, 7) is 3.73. The number of benzene rings is 1. The highest BCUT2D eigenvalue weighted by molar-refractivity contribution is 6.33. The number of piperidine rings is 1. The summed E-state index contributed by atoms with van der Waals surface area (Å²) in [7, 11) is 0. The molecule has 2 aliphatic heterocycles. The number of pyridine rings is 1. The Kier molecular flexibility index (Phi) is 5.05. The van der Waals surface area contributed by atoms with Gasteiger partial charge in [-0.1, -0.05) is 41.4 Å². The van der Waals surface area contributed by atoms with Crippen LogP contribution in [0.1, 0.15) is 28.8 Å². The number of carbonyl (C=O) groups is 1. The van der Waals surface area contributed by atoms with Gasteiger partial charge in [0.25, 0.3) is 5.91 Å². The summed E-state index contributed by atoms with van der Waals surface area (Å²) >= 11 is 11.8. The number of hydrogen-bond donors (Lipinski definition) is 0. The molecule has 0 aliphatic carbocycles. The van der Waals surface area contributed by atoms with E-state index in [2.05, 4.69) is 34.1 Å². The van der Waals surface area contributed by atoms with E-state index < -0.39 is 0 Å². The molecule has 0 bridgehead atoms. The fraction of sp³-hybridized carbons (Fsp3) is 0.400. The first-order chi connectivity index (χ1) is 12.6. The van der Waals surface area contributed by atoms with E-state index in [0.717, 1.165) is 45.4 Å². The number of hydrogen-bond acceptors (Lipinski definition) is 3. The van der Waals surface area contributed by atoms with Crippen molar-refractivity contribution in [3.8, 4) is 0 Å². The number of carbonyl (C=O) groups excluding carboxylic acids is 1. The number of halogens is 2. The third kappa shape index (κ3) is 3.67. The highest BCUT2D eigenvalue weighted by Crippen LogP contribution is 2.30. The molecule has 2 aliphatic rings. The van der Waals surface area contributed by atoms with E-state index in [1.165, 1.54) is 11.3 Å². The number of likely N-dealkylation sites (tertiary alicyclic amines) is 1. The lowest BCUT2D eigenvalue weighted by molar-refractivity contribution is 0.0693. The Morgan fingerprint density at radius 1 is 1.08 bits per heavy atom. The molecule has 1 aromatic heterocycles. The molecule has 1 saturated heterocycles. The maximum atomic E-state index is 12.7. The normalized spacial score (nSPS) is 17.5. The Hall–Kier alpha value is -1.78. The average molecular weight is 390 g/mol. The molecule has 4 nitrogen and oxygen atoms in total. The summed E-state index contributed by atoms with van der Waals surface area (Å²) in [6.07, 6.45) is 3.19. The molecule has 1 aromatic carbocycles. The largest absolute Gasteiger partial charge is 0.371 e. The Morgan fingerprint density at radius 3 is 2.50 bits per heavy atom. The van der Waals surface area contributed by atoms with E-state index >= 15 is 0 Å². The van der Waals surface area contributed by atoms with Gasteiger partial charge < -0.3 is 9.80 Å². The van der Waals surface area contributed by atoms with Crippen molar-refractivity contribution in [3.63, 3.8) is 0 Å². The van der Waals surface area contributed by atoms with Gasteiger partial charge in [-0.15, -0.1) is 0 Å². The van der Waals surface area contributed by atoms with Crippen LogP contribution in [0.15, 0.2) is 36.4 Å². The lowest BCUT2D eigenvalue weighted by Crippen LogP contribution is -2.41. The minimum Gasteiger partial charge on any atom is -0.371 e. The maximum absolute atomic E-state index is 12.7. The van der Waals surface area contributed by atoms with Crippen molar-refractivity contribution in [2.45, 2.75) is 19.3 Å². The van der Waals surface area contributed by atoms with Crippen molar-refractivity contribution >= 4 is 34.8 Å². The monoisotopic (exact) mass is 389 g/mol. The third-order valence-electron chi connectivity index (χ3n) is 5.37. The van der Waals surface area contributed by atoms with Gasteiger partial charge in [0.05, 0.1) is 0 Å². The smallest absolute Gasteiger partial charge is 0.254 e. The molecule has 0 N–H and O–H groups in total. The zero-order valence-corrected chi connectivity index (χ0v) is 16.0. The molecule has 0 radical (unpaired) electrons. The molecule has 1 fully saturated rings. The molecule has 6 heteroatoms. The molecule has 0 spiro atoms. The Labute approximate surface area is 163 Å². The van der Waals surface area contributed by atoms with E-state index in [1.807, 2.05) is 4.90 Å². The minimum atomic E-state index is -0.0128. The number of rotatable bonds is 3. The van der Waals surface area contributed by atoms with E-state index in [1.54, 1.807) is 12.1 Å². The van der Waals surface area contributed by atoms with Crippen molar-refractivity contribution in [1.29, 1.82) is 0 Å². The number of fused-ring (bicyclic) bond motifs is 1. The van der Waals surface area contributed by atoms with Crippen LogP contribution in [0.4, 0.5) is 5.69 Å². The van der Waals surface area contributed by atoms with Gasteiger partial charge in [-0.2, -0.15) is 0 Å². The molecular weight excluding hydrogens is 369 g/mol. The summed E-state index contributed by atoms with van der Waals surface area (Å²) in [5.41, 5.74) is 3.35. The molecule has 2 aromatic rings. The number of anilines is 1. The van der Waals surface area contributed by atoms with E-state index in [9.17, 15) is 4.79 Å². The fourth-order valence-corrected chi connectivity index (χ4v) is 4.46. The van der Waals surface area contributed by atoms with E-state index in [-0.39, 0.29) is 16.2 Å². The molecule has 0 atom stereocenters. The summed E-state index contributed by atoms with van der Waals surface area (Å²) in [5, 5.41) is 0.506.